The first-order valence-corrected chi connectivity index (χ1v) is 7.31. The zero-order valence-electron chi connectivity index (χ0n) is 12.1. The van der Waals surface area contributed by atoms with E-state index in [2.05, 4.69) is 12.4 Å². The molecule has 0 radical (unpaired) electrons. The van der Waals surface area contributed by atoms with Gasteiger partial charge in [-0.2, -0.15) is 0 Å². The van der Waals surface area contributed by atoms with Gasteiger partial charge in [0.05, 0.1) is 5.69 Å². The lowest BCUT2D eigenvalue weighted by Crippen LogP contribution is -2.46. The largest absolute Gasteiger partial charge is 0.372 e. The van der Waals surface area contributed by atoms with E-state index in [0.717, 1.165) is 13.0 Å². The summed E-state index contributed by atoms with van der Waals surface area (Å²) in [6.45, 7) is 0.891. The summed E-state index contributed by atoms with van der Waals surface area (Å²) in [6, 6.07) is 7.01. The molecule has 1 aliphatic carbocycles. The first-order valence-electron chi connectivity index (χ1n) is 7.31. The highest BCUT2D eigenvalue weighted by atomic mass is 19.1. The Labute approximate surface area is 116 Å². The molecular formula is C16H25FN2. The second kappa shape index (κ2) is 6.38. The van der Waals surface area contributed by atoms with Crippen molar-refractivity contribution < 1.29 is 4.39 Å². The van der Waals surface area contributed by atoms with Gasteiger partial charge in [0.2, 0.25) is 0 Å². The Balaban J connectivity index is 1.95. The number of nitrogens with one attached hydrogen (secondary N) is 1. The van der Waals surface area contributed by atoms with E-state index in [0.29, 0.717) is 5.69 Å². The Kier molecular flexibility index (Phi) is 4.81. The van der Waals surface area contributed by atoms with Gasteiger partial charge in [-0.25, -0.2) is 4.39 Å². The predicted molar refractivity (Wildman–Crippen MR) is 79.2 cm³/mol. The SMILES string of the molecule is CNC1(CCN(C)c2ccccc2F)CCCCC1. The molecule has 1 fully saturated rings. The van der Waals surface area contributed by atoms with Gasteiger partial charge in [-0.05, 0) is 38.4 Å². The highest BCUT2D eigenvalue weighted by molar-refractivity contribution is 5.46. The molecule has 106 valence electrons. The van der Waals surface area contributed by atoms with Crippen molar-refractivity contribution in [2.45, 2.75) is 44.1 Å². The zero-order chi connectivity index (χ0) is 13.7. The van der Waals surface area contributed by atoms with Crippen molar-refractivity contribution in [3.8, 4) is 0 Å². The number of para-hydroxylation sites is 1. The van der Waals surface area contributed by atoms with Crippen molar-refractivity contribution in [3.05, 3.63) is 30.1 Å². The van der Waals surface area contributed by atoms with E-state index in [9.17, 15) is 4.39 Å². The van der Waals surface area contributed by atoms with Crippen LogP contribution in [0.15, 0.2) is 24.3 Å². The maximum Gasteiger partial charge on any atom is 0.146 e. The minimum absolute atomic E-state index is 0.132. The number of hydrogen-bond acceptors (Lipinski definition) is 2. The lowest BCUT2D eigenvalue weighted by Gasteiger charge is -2.38. The van der Waals surface area contributed by atoms with E-state index >= 15 is 0 Å². The fourth-order valence-electron chi connectivity index (χ4n) is 3.12. The van der Waals surface area contributed by atoms with Gasteiger partial charge in [0.15, 0.2) is 0 Å². The van der Waals surface area contributed by atoms with Crippen LogP contribution in [0.2, 0.25) is 0 Å². The molecule has 3 heteroatoms. The second-order valence-electron chi connectivity index (χ2n) is 5.71. The third kappa shape index (κ3) is 3.47. The number of hydrogen-bond donors (Lipinski definition) is 1. The second-order valence-corrected chi connectivity index (χ2v) is 5.71. The Bertz CT molecular complexity index is 399. The maximum atomic E-state index is 13.7. The van der Waals surface area contributed by atoms with Crippen molar-refractivity contribution in [2.75, 3.05) is 25.5 Å². The van der Waals surface area contributed by atoms with Gasteiger partial charge in [-0.3, -0.25) is 0 Å². The molecule has 0 atom stereocenters. The number of rotatable bonds is 5. The van der Waals surface area contributed by atoms with Crippen molar-refractivity contribution in [1.82, 2.24) is 5.32 Å². The minimum atomic E-state index is -0.132. The fraction of sp³-hybridized carbons (Fsp3) is 0.625. The average Bonchev–Trinajstić information content (AvgIpc) is 2.46. The molecule has 0 aromatic heterocycles. The van der Waals surface area contributed by atoms with Gasteiger partial charge < -0.3 is 10.2 Å². The lowest BCUT2D eigenvalue weighted by molar-refractivity contribution is 0.232. The Morgan fingerprint density at radius 2 is 1.89 bits per heavy atom. The zero-order valence-corrected chi connectivity index (χ0v) is 12.1. The molecule has 0 bridgehead atoms. The Morgan fingerprint density at radius 1 is 1.21 bits per heavy atom. The molecule has 1 saturated carbocycles. The quantitative estimate of drug-likeness (QED) is 0.874. The van der Waals surface area contributed by atoms with Crippen LogP contribution in [-0.4, -0.2) is 26.2 Å². The molecule has 1 aromatic carbocycles. The van der Waals surface area contributed by atoms with Crippen LogP contribution in [0.1, 0.15) is 38.5 Å². The van der Waals surface area contributed by atoms with Gasteiger partial charge in [-0.1, -0.05) is 31.4 Å². The standard InChI is InChI=1S/C16H25FN2/c1-18-16(10-6-3-7-11-16)12-13-19(2)15-9-5-4-8-14(15)17/h4-5,8-9,18H,3,6-7,10-13H2,1-2H3. The van der Waals surface area contributed by atoms with Crippen LogP contribution in [0.4, 0.5) is 10.1 Å². The third-order valence-electron chi connectivity index (χ3n) is 4.53. The molecule has 1 aliphatic rings. The van der Waals surface area contributed by atoms with Gasteiger partial charge >= 0.3 is 0 Å². The summed E-state index contributed by atoms with van der Waals surface area (Å²) < 4.78 is 13.7. The number of anilines is 1. The summed E-state index contributed by atoms with van der Waals surface area (Å²) in [5.41, 5.74) is 0.960. The van der Waals surface area contributed by atoms with Crippen LogP contribution >= 0.6 is 0 Å². The van der Waals surface area contributed by atoms with Crippen LogP contribution in [0, 0.1) is 5.82 Å². The molecule has 0 saturated heterocycles. The molecule has 0 aliphatic heterocycles. The molecule has 0 spiro atoms. The fourth-order valence-corrected chi connectivity index (χ4v) is 3.12. The first kappa shape index (κ1) is 14.3. The van der Waals surface area contributed by atoms with Gasteiger partial charge in [-0.15, -0.1) is 0 Å². The molecule has 2 nitrogen and oxygen atoms in total. The Hall–Kier alpha value is -1.09. The monoisotopic (exact) mass is 264 g/mol. The molecular weight excluding hydrogens is 239 g/mol. The van der Waals surface area contributed by atoms with Crippen LogP contribution in [0.3, 0.4) is 0 Å². The molecule has 0 unspecified atom stereocenters. The lowest BCUT2D eigenvalue weighted by atomic mass is 9.79. The van der Waals surface area contributed by atoms with E-state index < -0.39 is 0 Å². The van der Waals surface area contributed by atoms with E-state index in [1.807, 2.05) is 24.1 Å². The predicted octanol–water partition coefficient (Wildman–Crippen LogP) is 3.57. The summed E-state index contributed by atoms with van der Waals surface area (Å²) in [7, 11) is 4.04. The summed E-state index contributed by atoms with van der Waals surface area (Å²) in [4.78, 5) is 2.03. The highest BCUT2D eigenvalue weighted by Crippen LogP contribution is 2.31. The van der Waals surface area contributed by atoms with Crippen molar-refractivity contribution >= 4 is 5.69 Å². The molecule has 1 N–H and O–H groups in total. The van der Waals surface area contributed by atoms with Crippen LogP contribution in [0.25, 0.3) is 0 Å². The smallest absolute Gasteiger partial charge is 0.146 e. The number of halogens is 1. The average molecular weight is 264 g/mol. The van der Waals surface area contributed by atoms with Gasteiger partial charge in [0.25, 0.3) is 0 Å². The molecule has 19 heavy (non-hydrogen) atoms. The first-order chi connectivity index (χ1) is 9.17. The minimum Gasteiger partial charge on any atom is -0.372 e. The van der Waals surface area contributed by atoms with E-state index in [4.69, 9.17) is 0 Å². The molecule has 0 amide bonds. The van der Waals surface area contributed by atoms with Crippen LogP contribution in [-0.2, 0) is 0 Å². The van der Waals surface area contributed by atoms with E-state index in [1.54, 1.807) is 6.07 Å². The van der Waals surface area contributed by atoms with Crippen molar-refractivity contribution in [1.29, 1.82) is 0 Å². The van der Waals surface area contributed by atoms with Crippen LogP contribution in [0.5, 0.6) is 0 Å². The molecule has 1 aromatic rings. The number of benzene rings is 1. The van der Waals surface area contributed by atoms with Gasteiger partial charge in [0.1, 0.15) is 5.82 Å². The molecule has 2 rings (SSSR count). The number of nitrogens with zero attached hydrogens (tertiary/aromatic N) is 1. The van der Waals surface area contributed by atoms with Crippen LogP contribution < -0.4 is 10.2 Å². The summed E-state index contributed by atoms with van der Waals surface area (Å²) in [5.74, 6) is -0.132. The summed E-state index contributed by atoms with van der Waals surface area (Å²) >= 11 is 0. The summed E-state index contributed by atoms with van der Waals surface area (Å²) in [5, 5.41) is 3.52. The van der Waals surface area contributed by atoms with Gasteiger partial charge in [0, 0.05) is 19.1 Å². The third-order valence-corrected chi connectivity index (χ3v) is 4.53. The topological polar surface area (TPSA) is 15.3 Å². The maximum absolute atomic E-state index is 13.7. The highest BCUT2D eigenvalue weighted by Gasteiger charge is 2.30. The van der Waals surface area contributed by atoms with Crippen molar-refractivity contribution in [3.63, 3.8) is 0 Å². The van der Waals surface area contributed by atoms with E-state index in [-0.39, 0.29) is 11.4 Å². The van der Waals surface area contributed by atoms with E-state index in [1.165, 1.54) is 38.2 Å². The normalized spacial score (nSPS) is 18.3. The summed E-state index contributed by atoms with van der Waals surface area (Å²) in [6.07, 6.45) is 7.54. The Morgan fingerprint density at radius 3 is 2.53 bits per heavy atom. The van der Waals surface area contributed by atoms with Crippen molar-refractivity contribution in [2.24, 2.45) is 0 Å². The molecule has 0 heterocycles.